The third-order valence-electron chi connectivity index (χ3n) is 4.43. The third-order valence-corrected chi connectivity index (χ3v) is 4.43. The zero-order valence-electron chi connectivity index (χ0n) is 13.9. The Balaban J connectivity index is 1.70. The molecule has 0 radical (unpaired) electrons. The minimum absolute atomic E-state index is 0.0245. The molecule has 0 spiro atoms. The highest BCUT2D eigenvalue weighted by molar-refractivity contribution is 5.82. The molecule has 0 saturated carbocycles. The Bertz CT molecular complexity index is 394. The SMILES string of the molecule is CC(C)NC(=O)C1CNC(CC(C)NC(=O)C2CCCN2)C1. The van der Waals surface area contributed by atoms with Crippen LogP contribution in [-0.4, -0.2) is 49.1 Å². The van der Waals surface area contributed by atoms with Crippen molar-refractivity contribution in [1.82, 2.24) is 21.3 Å². The topological polar surface area (TPSA) is 82.3 Å². The maximum Gasteiger partial charge on any atom is 0.237 e. The van der Waals surface area contributed by atoms with Gasteiger partial charge in [-0.1, -0.05) is 0 Å². The number of carbonyl (C=O) groups excluding carboxylic acids is 2. The van der Waals surface area contributed by atoms with Gasteiger partial charge < -0.3 is 21.3 Å². The summed E-state index contributed by atoms with van der Waals surface area (Å²) in [4.78, 5) is 24.1. The van der Waals surface area contributed by atoms with E-state index in [1.54, 1.807) is 0 Å². The number of amides is 2. The Hall–Kier alpha value is -1.14. The highest BCUT2D eigenvalue weighted by atomic mass is 16.2. The Morgan fingerprint density at radius 3 is 2.55 bits per heavy atom. The summed E-state index contributed by atoms with van der Waals surface area (Å²) < 4.78 is 0. The highest BCUT2D eigenvalue weighted by Gasteiger charge is 2.31. The van der Waals surface area contributed by atoms with E-state index in [0.717, 1.165) is 38.8 Å². The summed E-state index contributed by atoms with van der Waals surface area (Å²) in [7, 11) is 0. The van der Waals surface area contributed by atoms with Crippen molar-refractivity contribution in [2.24, 2.45) is 5.92 Å². The van der Waals surface area contributed by atoms with Gasteiger partial charge in [-0.25, -0.2) is 0 Å². The summed E-state index contributed by atoms with van der Waals surface area (Å²) in [5, 5.41) is 12.7. The minimum Gasteiger partial charge on any atom is -0.354 e. The summed E-state index contributed by atoms with van der Waals surface area (Å²) in [6.45, 7) is 7.66. The molecule has 2 heterocycles. The van der Waals surface area contributed by atoms with Crippen molar-refractivity contribution < 1.29 is 9.59 Å². The normalized spacial score (nSPS) is 29.5. The van der Waals surface area contributed by atoms with Crippen LogP contribution in [0.2, 0.25) is 0 Å². The molecule has 2 aliphatic heterocycles. The molecule has 4 N–H and O–H groups in total. The van der Waals surface area contributed by atoms with Crippen molar-refractivity contribution >= 4 is 11.8 Å². The van der Waals surface area contributed by atoms with E-state index in [1.165, 1.54) is 0 Å². The first-order valence-electron chi connectivity index (χ1n) is 8.53. The maximum absolute atomic E-state index is 12.1. The molecule has 4 unspecified atom stereocenters. The lowest BCUT2D eigenvalue weighted by molar-refractivity contribution is -0.125. The van der Waals surface area contributed by atoms with Gasteiger partial charge in [0, 0.05) is 24.7 Å². The van der Waals surface area contributed by atoms with Gasteiger partial charge in [-0.3, -0.25) is 9.59 Å². The lowest BCUT2D eigenvalue weighted by Crippen LogP contribution is -2.45. The number of hydrogen-bond donors (Lipinski definition) is 4. The van der Waals surface area contributed by atoms with E-state index in [9.17, 15) is 9.59 Å². The van der Waals surface area contributed by atoms with Crippen LogP contribution in [0.15, 0.2) is 0 Å². The first-order valence-corrected chi connectivity index (χ1v) is 8.53. The van der Waals surface area contributed by atoms with Crippen LogP contribution in [-0.2, 0) is 9.59 Å². The average molecular weight is 310 g/mol. The number of hydrogen-bond acceptors (Lipinski definition) is 4. The van der Waals surface area contributed by atoms with Crippen molar-refractivity contribution in [3.8, 4) is 0 Å². The molecule has 0 aromatic rings. The van der Waals surface area contributed by atoms with E-state index in [4.69, 9.17) is 0 Å². The van der Waals surface area contributed by atoms with E-state index >= 15 is 0 Å². The van der Waals surface area contributed by atoms with E-state index < -0.39 is 0 Å². The minimum atomic E-state index is -0.0245. The summed E-state index contributed by atoms with van der Waals surface area (Å²) in [6.07, 6.45) is 3.71. The van der Waals surface area contributed by atoms with Crippen molar-refractivity contribution in [1.29, 1.82) is 0 Å². The molecule has 22 heavy (non-hydrogen) atoms. The third kappa shape index (κ3) is 4.95. The lowest BCUT2D eigenvalue weighted by Gasteiger charge is -2.20. The van der Waals surface area contributed by atoms with Gasteiger partial charge in [-0.15, -0.1) is 0 Å². The van der Waals surface area contributed by atoms with Crippen LogP contribution in [0.3, 0.4) is 0 Å². The molecule has 126 valence electrons. The molecule has 0 aromatic carbocycles. The smallest absolute Gasteiger partial charge is 0.237 e. The van der Waals surface area contributed by atoms with Gasteiger partial charge >= 0.3 is 0 Å². The van der Waals surface area contributed by atoms with Gasteiger partial charge in [0.1, 0.15) is 0 Å². The quantitative estimate of drug-likeness (QED) is 0.562. The van der Waals surface area contributed by atoms with Crippen LogP contribution in [0.4, 0.5) is 0 Å². The number of carbonyl (C=O) groups is 2. The van der Waals surface area contributed by atoms with Crippen molar-refractivity contribution in [3.05, 3.63) is 0 Å². The first kappa shape index (κ1) is 17.2. The summed E-state index contributed by atoms with van der Waals surface area (Å²) in [6, 6.07) is 0.585. The molecule has 2 fully saturated rings. The number of rotatable bonds is 6. The molecule has 2 rings (SSSR count). The zero-order chi connectivity index (χ0) is 16.1. The largest absolute Gasteiger partial charge is 0.354 e. The van der Waals surface area contributed by atoms with Gasteiger partial charge in [-0.2, -0.15) is 0 Å². The molecule has 6 heteroatoms. The predicted octanol–water partition coefficient (Wildman–Crippen LogP) is 0.136. The molecule has 2 amide bonds. The van der Waals surface area contributed by atoms with Gasteiger partial charge in [0.05, 0.1) is 12.0 Å². The highest BCUT2D eigenvalue weighted by Crippen LogP contribution is 2.18. The summed E-state index contributed by atoms with van der Waals surface area (Å²) in [5.41, 5.74) is 0. The second kappa shape index (κ2) is 7.92. The van der Waals surface area contributed by atoms with E-state index in [-0.39, 0.29) is 35.9 Å². The summed E-state index contributed by atoms with van der Waals surface area (Å²) >= 11 is 0. The first-order chi connectivity index (χ1) is 10.5. The van der Waals surface area contributed by atoms with Gasteiger partial charge in [0.2, 0.25) is 11.8 Å². The van der Waals surface area contributed by atoms with Crippen LogP contribution in [0, 0.1) is 5.92 Å². The lowest BCUT2D eigenvalue weighted by atomic mass is 10.00. The predicted molar refractivity (Wildman–Crippen MR) is 86.4 cm³/mol. The Morgan fingerprint density at radius 1 is 1.14 bits per heavy atom. The fourth-order valence-electron chi connectivity index (χ4n) is 3.34. The molecule has 0 aliphatic carbocycles. The van der Waals surface area contributed by atoms with Crippen molar-refractivity contribution in [2.45, 2.75) is 70.6 Å². The van der Waals surface area contributed by atoms with Gasteiger partial charge in [-0.05, 0) is 53.0 Å². The monoisotopic (exact) mass is 310 g/mol. The molecular formula is C16H30N4O2. The summed E-state index contributed by atoms with van der Waals surface area (Å²) in [5.74, 6) is 0.292. The molecule has 2 saturated heterocycles. The molecule has 4 atom stereocenters. The van der Waals surface area contributed by atoms with E-state index in [0.29, 0.717) is 6.04 Å². The molecule has 0 aromatic heterocycles. The van der Waals surface area contributed by atoms with Crippen LogP contribution in [0.5, 0.6) is 0 Å². The second-order valence-electron chi connectivity index (χ2n) is 7.00. The van der Waals surface area contributed by atoms with E-state index in [1.807, 2.05) is 20.8 Å². The standard InChI is InChI=1S/C16H30N4O2/c1-10(2)19-15(21)12-8-13(18-9-12)7-11(3)20-16(22)14-5-4-6-17-14/h10-14,17-18H,4-9H2,1-3H3,(H,19,21)(H,20,22). The van der Waals surface area contributed by atoms with Crippen LogP contribution in [0.1, 0.15) is 46.5 Å². The fourth-order valence-corrected chi connectivity index (χ4v) is 3.34. The average Bonchev–Trinajstić information content (AvgIpc) is 3.08. The second-order valence-corrected chi connectivity index (χ2v) is 7.00. The van der Waals surface area contributed by atoms with Crippen molar-refractivity contribution in [2.75, 3.05) is 13.1 Å². The van der Waals surface area contributed by atoms with Crippen LogP contribution >= 0.6 is 0 Å². The Morgan fingerprint density at radius 2 is 1.91 bits per heavy atom. The Labute approximate surface area is 133 Å². The molecule has 2 aliphatic rings. The van der Waals surface area contributed by atoms with Gasteiger partial charge in [0.15, 0.2) is 0 Å². The van der Waals surface area contributed by atoms with E-state index in [2.05, 4.69) is 21.3 Å². The Kier molecular flexibility index (Phi) is 6.20. The number of nitrogens with one attached hydrogen (secondary N) is 4. The van der Waals surface area contributed by atoms with Crippen molar-refractivity contribution in [3.63, 3.8) is 0 Å². The molecular weight excluding hydrogens is 280 g/mol. The van der Waals surface area contributed by atoms with Crippen LogP contribution in [0.25, 0.3) is 0 Å². The maximum atomic E-state index is 12.1. The molecule has 0 bridgehead atoms. The fraction of sp³-hybridized carbons (Fsp3) is 0.875. The molecule has 6 nitrogen and oxygen atoms in total. The zero-order valence-corrected chi connectivity index (χ0v) is 13.9. The van der Waals surface area contributed by atoms with Gasteiger partial charge in [0.25, 0.3) is 0 Å². The van der Waals surface area contributed by atoms with Crippen LogP contribution < -0.4 is 21.3 Å².